The molecule has 1 aromatic heterocycles. The molecule has 38 heavy (non-hydrogen) atoms. The van der Waals surface area contributed by atoms with Crippen LogP contribution >= 0.6 is 11.3 Å². The Hall–Kier alpha value is -4.05. The van der Waals surface area contributed by atoms with Crippen molar-refractivity contribution in [2.45, 2.75) is 26.8 Å². The van der Waals surface area contributed by atoms with E-state index < -0.39 is 6.04 Å². The second-order valence-electron chi connectivity index (χ2n) is 8.60. The second-order valence-corrected chi connectivity index (χ2v) is 9.61. The van der Waals surface area contributed by atoms with Crippen LogP contribution in [0.4, 0.5) is 0 Å². The van der Waals surface area contributed by atoms with Crippen LogP contribution in [0.5, 0.6) is 23.0 Å². The molecule has 3 aromatic rings. The van der Waals surface area contributed by atoms with Crippen molar-refractivity contribution in [2.24, 2.45) is 4.99 Å². The van der Waals surface area contributed by atoms with E-state index in [2.05, 4.69) is 0 Å². The van der Waals surface area contributed by atoms with Gasteiger partial charge in [-0.05, 0) is 62.7 Å². The highest BCUT2D eigenvalue weighted by atomic mass is 32.1. The first-order chi connectivity index (χ1) is 18.3. The van der Waals surface area contributed by atoms with Gasteiger partial charge in [-0.15, -0.1) is 0 Å². The molecule has 4 rings (SSSR count). The fourth-order valence-corrected chi connectivity index (χ4v) is 5.61. The van der Waals surface area contributed by atoms with Crippen LogP contribution in [0.3, 0.4) is 0 Å². The smallest absolute Gasteiger partial charge is 0.271 e. The number of likely N-dealkylation sites (N-methyl/N-ethyl adjacent to an activating group) is 1. The first-order valence-electron chi connectivity index (χ1n) is 12.2. The van der Waals surface area contributed by atoms with Gasteiger partial charge in [0.1, 0.15) is 17.5 Å². The number of methoxy groups -OCH3 is 3. The van der Waals surface area contributed by atoms with Crippen molar-refractivity contribution in [1.82, 2.24) is 9.47 Å². The summed E-state index contributed by atoms with van der Waals surface area (Å²) in [4.78, 5) is 34.6. The van der Waals surface area contributed by atoms with E-state index in [4.69, 9.17) is 19.2 Å². The number of carbonyl (C=O) groups excluding carboxylic acids is 1. The maximum atomic E-state index is 13.9. The molecule has 9 nitrogen and oxygen atoms in total. The predicted molar refractivity (Wildman–Crippen MR) is 146 cm³/mol. The van der Waals surface area contributed by atoms with Gasteiger partial charge in [0.05, 0.1) is 37.1 Å². The lowest BCUT2D eigenvalue weighted by atomic mass is 9.93. The van der Waals surface area contributed by atoms with E-state index >= 15 is 0 Å². The van der Waals surface area contributed by atoms with Crippen molar-refractivity contribution in [1.29, 1.82) is 0 Å². The van der Waals surface area contributed by atoms with E-state index in [9.17, 15) is 14.7 Å². The number of ether oxygens (including phenoxy) is 3. The molecule has 1 aliphatic rings. The Morgan fingerprint density at radius 2 is 1.79 bits per heavy atom. The summed E-state index contributed by atoms with van der Waals surface area (Å²) in [5, 5.41) is 9.96. The lowest BCUT2D eigenvalue weighted by molar-refractivity contribution is -0.127. The summed E-state index contributed by atoms with van der Waals surface area (Å²) in [5.41, 5.74) is 1.94. The molecule has 2 heterocycles. The molecule has 0 aliphatic carbocycles. The van der Waals surface area contributed by atoms with Crippen molar-refractivity contribution >= 4 is 23.3 Å². The summed E-state index contributed by atoms with van der Waals surface area (Å²) in [7, 11) is 4.58. The minimum absolute atomic E-state index is 0.00594. The number of nitrogens with zero attached hydrogens (tertiary/aromatic N) is 3. The lowest BCUT2D eigenvalue weighted by Crippen LogP contribution is -2.43. The third-order valence-electron chi connectivity index (χ3n) is 6.54. The fourth-order valence-electron chi connectivity index (χ4n) is 4.56. The molecule has 1 N–H and O–H groups in total. The number of benzene rings is 2. The van der Waals surface area contributed by atoms with Crippen LogP contribution in [0.2, 0.25) is 0 Å². The molecular formula is C28H31N3O6S. The minimum Gasteiger partial charge on any atom is -0.504 e. The maximum Gasteiger partial charge on any atom is 0.271 e. The number of carbonyl (C=O) groups is 1. The lowest BCUT2D eigenvalue weighted by Gasteiger charge is -2.30. The van der Waals surface area contributed by atoms with Crippen molar-refractivity contribution in [3.05, 3.63) is 78.5 Å². The van der Waals surface area contributed by atoms with E-state index in [0.29, 0.717) is 62.1 Å². The predicted octanol–water partition coefficient (Wildman–Crippen LogP) is 2.84. The quantitative estimate of drug-likeness (QED) is 0.474. The highest BCUT2D eigenvalue weighted by molar-refractivity contribution is 7.07. The van der Waals surface area contributed by atoms with Gasteiger partial charge in [0.2, 0.25) is 0 Å². The Balaban J connectivity index is 2.02. The monoisotopic (exact) mass is 537 g/mol. The van der Waals surface area contributed by atoms with Crippen LogP contribution in [-0.2, 0) is 4.79 Å². The van der Waals surface area contributed by atoms with Gasteiger partial charge in [0.15, 0.2) is 16.3 Å². The molecule has 0 spiro atoms. The Bertz CT molecular complexity index is 1580. The number of aromatic nitrogens is 1. The van der Waals surface area contributed by atoms with Gasteiger partial charge in [-0.3, -0.25) is 14.2 Å². The Morgan fingerprint density at radius 3 is 2.42 bits per heavy atom. The average molecular weight is 538 g/mol. The summed E-state index contributed by atoms with van der Waals surface area (Å²) < 4.78 is 18.3. The molecule has 1 aliphatic heterocycles. The summed E-state index contributed by atoms with van der Waals surface area (Å²) >= 11 is 1.23. The molecule has 0 bridgehead atoms. The molecule has 0 radical (unpaired) electrons. The highest BCUT2D eigenvalue weighted by Gasteiger charge is 2.36. The number of hydrogen-bond donors (Lipinski definition) is 1. The highest BCUT2D eigenvalue weighted by Crippen LogP contribution is 2.38. The number of hydrogen-bond acceptors (Lipinski definition) is 8. The third kappa shape index (κ3) is 4.79. The molecule has 200 valence electrons. The van der Waals surface area contributed by atoms with Gasteiger partial charge in [0.25, 0.3) is 11.5 Å². The molecule has 10 heteroatoms. The van der Waals surface area contributed by atoms with Crippen LogP contribution in [0.25, 0.3) is 6.08 Å². The van der Waals surface area contributed by atoms with E-state index in [1.165, 1.54) is 24.5 Å². The SMILES string of the molecule is CCN(CC)C(=O)C1=C(C)N=c2s/c(=C\c3ccc(O)c(OC)c3)c(=O)n2C1c1cc(OC)ccc1OC. The number of phenolic OH excluding ortho intramolecular Hbond substituents is 1. The first-order valence-corrected chi connectivity index (χ1v) is 13.0. The Morgan fingerprint density at radius 1 is 1.08 bits per heavy atom. The summed E-state index contributed by atoms with van der Waals surface area (Å²) in [6.07, 6.45) is 1.72. The van der Waals surface area contributed by atoms with Crippen LogP contribution < -0.4 is 29.1 Å². The van der Waals surface area contributed by atoms with E-state index in [1.54, 1.807) is 67.0 Å². The van der Waals surface area contributed by atoms with Crippen molar-refractivity contribution < 1.29 is 24.1 Å². The molecular weight excluding hydrogens is 506 g/mol. The van der Waals surface area contributed by atoms with Gasteiger partial charge in [0, 0.05) is 18.7 Å². The van der Waals surface area contributed by atoms with E-state index in [0.717, 1.165) is 0 Å². The van der Waals surface area contributed by atoms with Crippen LogP contribution in [0, 0.1) is 0 Å². The third-order valence-corrected chi connectivity index (χ3v) is 7.52. The number of thiazole rings is 1. The zero-order valence-electron chi connectivity index (χ0n) is 22.3. The van der Waals surface area contributed by atoms with Crippen LogP contribution in [0.15, 0.2) is 57.5 Å². The van der Waals surface area contributed by atoms with Gasteiger partial charge in [-0.1, -0.05) is 17.4 Å². The van der Waals surface area contributed by atoms with Crippen molar-refractivity contribution in [3.8, 4) is 23.0 Å². The molecule has 0 fully saturated rings. The molecule has 1 atom stereocenters. The summed E-state index contributed by atoms with van der Waals surface area (Å²) in [5.74, 6) is 1.21. The van der Waals surface area contributed by atoms with Crippen LogP contribution in [0.1, 0.15) is 37.9 Å². The largest absolute Gasteiger partial charge is 0.504 e. The van der Waals surface area contributed by atoms with Gasteiger partial charge in [-0.25, -0.2) is 4.99 Å². The van der Waals surface area contributed by atoms with Crippen molar-refractivity contribution in [3.63, 3.8) is 0 Å². The van der Waals surface area contributed by atoms with Gasteiger partial charge in [-0.2, -0.15) is 0 Å². The number of allylic oxidation sites excluding steroid dienone is 1. The first kappa shape index (κ1) is 27.0. The molecule has 1 amide bonds. The number of aromatic hydroxyl groups is 1. The number of amides is 1. The minimum atomic E-state index is -0.777. The Labute approximate surface area is 224 Å². The van der Waals surface area contributed by atoms with E-state index in [1.807, 2.05) is 13.8 Å². The topological polar surface area (TPSA) is 103 Å². The second kappa shape index (κ2) is 11.1. The number of rotatable bonds is 8. The molecule has 1 unspecified atom stereocenters. The number of fused-ring (bicyclic) bond motifs is 1. The summed E-state index contributed by atoms with van der Waals surface area (Å²) in [6.45, 7) is 6.65. The number of phenols is 1. The van der Waals surface area contributed by atoms with Crippen molar-refractivity contribution in [2.75, 3.05) is 34.4 Å². The fraction of sp³-hybridized carbons (Fsp3) is 0.321. The molecule has 0 saturated heterocycles. The summed E-state index contributed by atoms with van der Waals surface area (Å²) in [6, 6.07) is 9.40. The van der Waals surface area contributed by atoms with E-state index in [-0.39, 0.29) is 17.2 Å². The van der Waals surface area contributed by atoms with Crippen LogP contribution in [-0.4, -0.2) is 54.9 Å². The molecule has 2 aromatic carbocycles. The average Bonchev–Trinajstić information content (AvgIpc) is 3.22. The zero-order chi connectivity index (χ0) is 27.6. The zero-order valence-corrected chi connectivity index (χ0v) is 23.1. The Kier molecular flexibility index (Phi) is 7.91. The van der Waals surface area contributed by atoms with Gasteiger partial charge < -0.3 is 24.2 Å². The standard InChI is InChI=1S/C28H31N3O6S/c1-7-30(8-2)27(34)24-16(3)29-28-31(25(24)19-15-18(35-4)10-12-21(19)36-5)26(33)23(38-28)14-17-9-11-20(32)22(13-17)37-6/h9-15,25,32H,7-8H2,1-6H3/b23-14-. The molecule has 0 saturated carbocycles. The normalized spacial score (nSPS) is 15.1. The van der Waals surface area contributed by atoms with Gasteiger partial charge >= 0.3 is 0 Å². The maximum absolute atomic E-state index is 13.9.